The molecular formula is C22H23ClF2O2. The topological polar surface area (TPSA) is 26.3 Å². The van der Waals surface area contributed by atoms with Crippen molar-refractivity contribution in [3.63, 3.8) is 0 Å². The van der Waals surface area contributed by atoms with Gasteiger partial charge in [0.1, 0.15) is 0 Å². The normalized spacial score (nSPS) is 11.3. The highest BCUT2D eigenvalue weighted by Gasteiger charge is 2.44. The second kappa shape index (κ2) is 9.65. The summed E-state index contributed by atoms with van der Waals surface area (Å²) in [6.07, 6.45) is 3.44. The molecule has 5 heteroatoms. The number of carbonyl (C=O) groups excluding carboxylic acids is 1. The lowest BCUT2D eigenvalue weighted by Gasteiger charge is -2.18. The van der Waals surface area contributed by atoms with Crippen molar-refractivity contribution >= 4 is 23.1 Å². The van der Waals surface area contributed by atoms with Gasteiger partial charge in [-0.25, -0.2) is 4.79 Å². The Balaban J connectivity index is 2.02. The molecule has 0 aliphatic carbocycles. The second-order valence-corrected chi connectivity index (χ2v) is 6.77. The third kappa shape index (κ3) is 5.64. The SMILES string of the molecule is C=C(c1ccc(-c2ccc(Cl)cc2)cc1)C(F)(F)C(=O)OCCCCCC. The number of benzene rings is 2. The quantitative estimate of drug-likeness (QED) is 0.347. The van der Waals surface area contributed by atoms with E-state index in [1.807, 2.05) is 19.1 Å². The molecule has 2 aromatic carbocycles. The fraction of sp³-hybridized carbons (Fsp3) is 0.318. The molecule has 0 fully saturated rings. The van der Waals surface area contributed by atoms with E-state index in [1.54, 1.807) is 24.3 Å². The smallest absolute Gasteiger partial charge is 0.381 e. The standard InChI is InChI=1S/C22H23ClF2O2/c1-3-4-5-6-15-27-21(26)22(24,25)16(2)17-7-9-18(10-8-17)19-11-13-20(23)14-12-19/h7-14H,2-6,15H2,1H3. The molecule has 0 heterocycles. The van der Waals surface area contributed by atoms with Gasteiger partial charge in [-0.3, -0.25) is 0 Å². The summed E-state index contributed by atoms with van der Waals surface area (Å²) in [4.78, 5) is 11.8. The Morgan fingerprint density at radius 3 is 2.11 bits per heavy atom. The van der Waals surface area contributed by atoms with Gasteiger partial charge >= 0.3 is 11.9 Å². The fourth-order valence-electron chi connectivity index (χ4n) is 2.60. The minimum atomic E-state index is -3.76. The molecule has 0 saturated carbocycles. The molecule has 2 nitrogen and oxygen atoms in total. The van der Waals surface area contributed by atoms with Crippen molar-refractivity contribution in [1.82, 2.24) is 0 Å². The van der Waals surface area contributed by atoms with Crippen molar-refractivity contribution in [2.75, 3.05) is 6.61 Å². The average Bonchev–Trinajstić information content (AvgIpc) is 2.67. The third-order valence-electron chi connectivity index (χ3n) is 4.28. The largest absolute Gasteiger partial charge is 0.461 e. The molecule has 0 aliphatic rings. The van der Waals surface area contributed by atoms with Crippen LogP contribution in [-0.2, 0) is 9.53 Å². The van der Waals surface area contributed by atoms with Gasteiger partial charge in [0, 0.05) is 10.6 Å². The predicted octanol–water partition coefficient (Wildman–Crippen LogP) is 6.78. The molecule has 0 radical (unpaired) electrons. The van der Waals surface area contributed by atoms with Crippen LogP contribution < -0.4 is 0 Å². The lowest BCUT2D eigenvalue weighted by atomic mass is 9.98. The Bertz CT molecular complexity index is 768. The molecule has 2 rings (SSSR count). The predicted molar refractivity (Wildman–Crippen MR) is 106 cm³/mol. The number of halogens is 3. The third-order valence-corrected chi connectivity index (χ3v) is 4.53. The number of ether oxygens (including phenoxy) is 1. The highest BCUT2D eigenvalue weighted by Crippen LogP contribution is 2.33. The molecule has 0 bridgehead atoms. The number of hydrogen-bond acceptors (Lipinski definition) is 2. The maximum Gasteiger partial charge on any atom is 0.381 e. The van der Waals surface area contributed by atoms with E-state index in [1.165, 1.54) is 12.1 Å². The maximum absolute atomic E-state index is 14.4. The van der Waals surface area contributed by atoms with E-state index < -0.39 is 17.5 Å². The van der Waals surface area contributed by atoms with Crippen LogP contribution in [0.4, 0.5) is 8.78 Å². The minimum Gasteiger partial charge on any atom is -0.461 e. The first-order valence-corrected chi connectivity index (χ1v) is 9.35. The zero-order chi connectivity index (χ0) is 19.9. The number of unbranched alkanes of at least 4 members (excludes halogenated alkanes) is 3. The molecule has 0 saturated heterocycles. The molecule has 144 valence electrons. The Hall–Kier alpha value is -2.20. The molecule has 2 aromatic rings. The summed E-state index contributed by atoms with van der Waals surface area (Å²) in [5.41, 5.74) is 1.39. The fourth-order valence-corrected chi connectivity index (χ4v) is 2.72. The first-order chi connectivity index (χ1) is 12.9. The first kappa shape index (κ1) is 21.1. The monoisotopic (exact) mass is 392 g/mol. The van der Waals surface area contributed by atoms with Gasteiger partial charge in [-0.15, -0.1) is 0 Å². The molecule has 0 atom stereocenters. The van der Waals surface area contributed by atoms with Crippen molar-refractivity contribution in [3.05, 3.63) is 65.7 Å². The molecular weight excluding hydrogens is 370 g/mol. The van der Waals surface area contributed by atoms with Crippen molar-refractivity contribution in [2.24, 2.45) is 0 Å². The highest BCUT2D eigenvalue weighted by molar-refractivity contribution is 6.30. The van der Waals surface area contributed by atoms with E-state index in [2.05, 4.69) is 6.58 Å². The van der Waals surface area contributed by atoms with Crippen LogP contribution in [-0.4, -0.2) is 18.5 Å². The van der Waals surface area contributed by atoms with Crippen LogP contribution in [0.25, 0.3) is 16.7 Å². The van der Waals surface area contributed by atoms with Crippen LogP contribution in [0.2, 0.25) is 5.02 Å². The van der Waals surface area contributed by atoms with E-state index in [-0.39, 0.29) is 12.2 Å². The average molecular weight is 393 g/mol. The number of rotatable bonds is 9. The Kier molecular flexibility index (Phi) is 7.55. The van der Waals surface area contributed by atoms with Gasteiger partial charge in [-0.2, -0.15) is 8.78 Å². The van der Waals surface area contributed by atoms with Gasteiger partial charge in [0.25, 0.3) is 0 Å². The zero-order valence-electron chi connectivity index (χ0n) is 15.3. The summed E-state index contributed by atoms with van der Waals surface area (Å²) in [6, 6.07) is 13.7. The summed E-state index contributed by atoms with van der Waals surface area (Å²) < 4.78 is 33.4. The van der Waals surface area contributed by atoms with Crippen LogP contribution in [0.1, 0.15) is 38.2 Å². The van der Waals surface area contributed by atoms with Crippen LogP contribution in [0.3, 0.4) is 0 Å². The van der Waals surface area contributed by atoms with Crippen LogP contribution in [0.5, 0.6) is 0 Å². The van der Waals surface area contributed by atoms with E-state index in [0.717, 1.165) is 30.4 Å². The van der Waals surface area contributed by atoms with Gasteiger partial charge in [0.2, 0.25) is 0 Å². The lowest BCUT2D eigenvalue weighted by molar-refractivity contribution is -0.163. The van der Waals surface area contributed by atoms with Gasteiger partial charge < -0.3 is 4.74 Å². The maximum atomic E-state index is 14.4. The molecule has 0 aliphatic heterocycles. The Labute approximate surface area is 163 Å². The van der Waals surface area contributed by atoms with Crippen LogP contribution in [0, 0.1) is 0 Å². The zero-order valence-corrected chi connectivity index (χ0v) is 16.1. The van der Waals surface area contributed by atoms with Crippen LogP contribution >= 0.6 is 11.6 Å². The number of esters is 1. The van der Waals surface area contributed by atoms with Gasteiger partial charge in [0.15, 0.2) is 0 Å². The van der Waals surface area contributed by atoms with Gasteiger partial charge in [-0.1, -0.05) is 80.8 Å². The van der Waals surface area contributed by atoms with E-state index in [9.17, 15) is 13.6 Å². The molecule has 27 heavy (non-hydrogen) atoms. The molecule has 0 N–H and O–H groups in total. The van der Waals surface area contributed by atoms with Crippen molar-refractivity contribution < 1.29 is 18.3 Å². The van der Waals surface area contributed by atoms with E-state index in [4.69, 9.17) is 16.3 Å². The Morgan fingerprint density at radius 2 is 1.56 bits per heavy atom. The highest BCUT2D eigenvalue weighted by atomic mass is 35.5. The number of alkyl halides is 2. The summed E-state index contributed by atoms with van der Waals surface area (Å²) >= 11 is 5.87. The summed E-state index contributed by atoms with van der Waals surface area (Å²) in [5.74, 6) is -5.31. The minimum absolute atomic E-state index is 0.00277. The van der Waals surface area contributed by atoms with Gasteiger partial charge in [0.05, 0.1) is 6.61 Å². The van der Waals surface area contributed by atoms with E-state index in [0.29, 0.717) is 11.4 Å². The number of carbonyl (C=O) groups is 1. The molecule has 0 unspecified atom stereocenters. The number of hydrogen-bond donors (Lipinski definition) is 0. The van der Waals surface area contributed by atoms with Gasteiger partial charge in [-0.05, 0) is 35.2 Å². The molecule has 0 aromatic heterocycles. The van der Waals surface area contributed by atoms with Crippen molar-refractivity contribution in [1.29, 1.82) is 0 Å². The summed E-state index contributed by atoms with van der Waals surface area (Å²) in [5, 5.41) is 0.622. The summed E-state index contributed by atoms with van der Waals surface area (Å²) in [6.45, 7) is 5.46. The van der Waals surface area contributed by atoms with Crippen molar-refractivity contribution in [3.8, 4) is 11.1 Å². The van der Waals surface area contributed by atoms with E-state index >= 15 is 0 Å². The second-order valence-electron chi connectivity index (χ2n) is 6.33. The Morgan fingerprint density at radius 1 is 1.00 bits per heavy atom. The molecule has 0 amide bonds. The first-order valence-electron chi connectivity index (χ1n) is 8.97. The lowest BCUT2D eigenvalue weighted by Crippen LogP contribution is -2.32. The molecule has 0 spiro atoms. The van der Waals surface area contributed by atoms with Crippen LogP contribution in [0.15, 0.2) is 55.1 Å². The van der Waals surface area contributed by atoms with Crippen molar-refractivity contribution in [2.45, 2.75) is 38.5 Å². The summed E-state index contributed by atoms with van der Waals surface area (Å²) in [7, 11) is 0.